The first kappa shape index (κ1) is 14.1. The molecule has 19 heavy (non-hydrogen) atoms. The lowest BCUT2D eigenvalue weighted by Crippen LogP contribution is -1.92. The van der Waals surface area contributed by atoms with Crippen molar-refractivity contribution < 1.29 is 14.9 Å². The minimum atomic E-state index is -0.505. The van der Waals surface area contributed by atoms with E-state index in [0.29, 0.717) is 11.5 Å². The van der Waals surface area contributed by atoms with Crippen LogP contribution >= 0.6 is 15.9 Å². The van der Waals surface area contributed by atoms with Gasteiger partial charge in [0.15, 0.2) is 0 Å². The molecule has 0 unspecified atom stereocenters. The van der Waals surface area contributed by atoms with Gasteiger partial charge in [-0.1, -0.05) is 18.2 Å². The summed E-state index contributed by atoms with van der Waals surface area (Å²) < 4.78 is 6.52. The quantitative estimate of drug-likeness (QED) is 0.900. The summed E-state index contributed by atoms with van der Waals surface area (Å²) in [5, 5.41) is 18.5. The minimum absolute atomic E-state index is 0.0209. The van der Waals surface area contributed by atoms with Gasteiger partial charge in [-0.3, -0.25) is 0 Å². The lowest BCUT2D eigenvalue weighted by molar-refractivity contribution is 0.199. The summed E-state index contributed by atoms with van der Waals surface area (Å²) in [6.07, 6.45) is -0.505. The molecule has 2 aromatic rings. The summed E-state index contributed by atoms with van der Waals surface area (Å²) in [6, 6.07) is 12.7. The number of halogens is 1. The van der Waals surface area contributed by atoms with Crippen LogP contribution in [0.2, 0.25) is 0 Å². The zero-order valence-corrected chi connectivity index (χ0v) is 12.1. The van der Waals surface area contributed by atoms with Crippen molar-refractivity contribution in [1.82, 2.24) is 0 Å². The maximum absolute atomic E-state index is 9.50. The van der Waals surface area contributed by atoms with Crippen molar-refractivity contribution >= 4 is 15.9 Å². The topological polar surface area (TPSA) is 49.7 Å². The Bertz CT molecular complexity index is 550. The molecular formula is C15H15BrO3. The second-order valence-electron chi connectivity index (χ2n) is 4.27. The molecule has 2 N–H and O–H groups in total. The van der Waals surface area contributed by atoms with Crippen LogP contribution < -0.4 is 4.74 Å². The molecule has 1 atom stereocenters. The third kappa shape index (κ3) is 3.56. The van der Waals surface area contributed by atoms with Crippen LogP contribution in [0, 0.1) is 0 Å². The Morgan fingerprint density at radius 2 is 1.84 bits per heavy atom. The maximum atomic E-state index is 9.50. The SMILES string of the molecule is C[C@@H](O)c1ccc(Oc2ccc(CO)cc2)c(Br)c1. The summed E-state index contributed by atoms with van der Waals surface area (Å²) in [6.45, 7) is 1.74. The van der Waals surface area contributed by atoms with Gasteiger partial charge in [-0.05, 0) is 58.2 Å². The first-order valence-corrected chi connectivity index (χ1v) is 6.74. The van der Waals surface area contributed by atoms with Crippen LogP contribution in [0.3, 0.4) is 0 Å². The fraction of sp³-hybridized carbons (Fsp3) is 0.200. The number of rotatable bonds is 4. The third-order valence-electron chi connectivity index (χ3n) is 2.77. The van der Waals surface area contributed by atoms with Gasteiger partial charge in [0.25, 0.3) is 0 Å². The van der Waals surface area contributed by atoms with E-state index in [0.717, 1.165) is 15.6 Å². The monoisotopic (exact) mass is 322 g/mol. The Morgan fingerprint density at radius 3 is 2.37 bits per heavy atom. The Balaban J connectivity index is 2.18. The molecule has 0 saturated carbocycles. The Hall–Kier alpha value is -1.36. The lowest BCUT2D eigenvalue weighted by atomic mass is 10.1. The standard InChI is InChI=1S/C15H15BrO3/c1-10(18)12-4-7-15(14(16)8-12)19-13-5-2-11(9-17)3-6-13/h2-8,10,17-18H,9H2,1H3/t10-/m1/s1. The van der Waals surface area contributed by atoms with Gasteiger partial charge in [-0.25, -0.2) is 0 Å². The molecule has 0 aromatic heterocycles. The van der Waals surface area contributed by atoms with Crippen molar-refractivity contribution in [3.63, 3.8) is 0 Å². The van der Waals surface area contributed by atoms with Crippen LogP contribution in [0.1, 0.15) is 24.2 Å². The number of hydrogen-bond acceptors (Lipinski definition) is 3. The van der Waals surface area contributed by atoms with E-state index in [9.17, 15) is 5.11 Å². The fourth-order valence-electron chi connectivity index (χ4n) is 1.65. The smallest absolute Gasteiger partial charge is 0.141 e. The number of ether oxygens (including phenoxy) is 1. The number of aliphatic hydroxyl groups is 2. The van der Waals surface area contributed by atoms with E-state index in [2.05, 4.69) is 15.9 Å². The molecule has 0 amide bonds. The molecule has 0 aliphatic carbocycles. The molecule has 2 aromatic carbocycles. The predicted octanol–water partition coefficient (Wildman–Crippen LogP) is 3.79. The second kappa shape index (κ2) is 6.19. The van der Waals surface area contributed by atoms with Crippen LogP contribution in [0.4, 0.5) is 0 Å². The number of hydrogen-bond donors (Lipinski definition) is 2. The van der Waals surface area contributed by atoms with E-state index in [1.165, 1.54) is 0 Å². The summed E-state index contributed by atoms with van der Waals surface area (Å²) in [7, 11) is 0. The van der Waals surface area contributed by atoms with Gasteiger partial charge in [-0.15, -0.1) is 0 Å². The van der Waals surface area contributed by atoms with Crippen molar-refractivity contribution in [2.75, 3.05) is 0 Å². The highest BCUT2D eigenvalue weighted by molar-refractivity contribution is 9.10. The Kier molecular flexibility index (Phi) is 4.58. The van der Waals surface area contributed by atoms with Crippen LogP contribution in [-0.2, 0) is 6.61 Å². The Labute approximate surface area is 120 Å². The highest BCUT2D eigenvalue weighted by Gasteiger charge is 2.07. The maximum Gasteiger partial charge on any atom is 0.141 e. The van der Waals surface area contributed by atoms with Crippen molar-refractivity contribution in [2.24, 2.45) is 0 Å². The molecule has 0 fully saturated rings. The summed E-state index contributed by atoms with van der Waals surface area (Å²) in [4.78, 5) is 0. The molecule has 0 bridgehead atoms. The van der Waals surface area contributed by atoms with Gasteiger partial charge in [0, 0.05) is 0 Å². The van der Waals surface area contributed by atoms with Gasteiger partial charge < -0.3 is 14.9 Å². The minimum Gasteiger partial charge on any atom is -0.456 e. The molecule has 2 rings (SSSR count). The summed E-state index contributed by atoms with van der Waals surface area (Å²) >= 11 is 3.42. The van der Waals surface area contributed by atoms with Crippen LogP contribution in [0.5, 0.6) is 11.5 Å². The zero-order valence-electron chi connectivity index (χ0n) is 10.5. The van der Waals surface area contributed by atoms with Crippen molar-refractivity contribution in [3.8, 4) is 11.5 Å². The average Bonchev–Trinajstić information content (AvgIpc) is 2.41. The molecule has 0 radical (unpaired) electrons. The zero-order chi connectivity index (χ0) is 13.8. The highest BCUT2D eigenvalue weighted by atomic mass is 79.9. The predicted molar refractivity (Wildman–Crippen MR) is 77.2 cm³/mol. The van der Waals surface area contributed by atoms with Crippen LogP contribution in [0.25, 0.3) is 0 Å². The average molecular weight is 323 g/mol. The molecule has 0 saturated heterocycles. The molecule has 0 aliphatic rings. The number of benzene rings is 2. The van der Waals surface area contributed by atoms with Crippen molar-refractivity contribution in [3.05, 3.63) is 58.1 Å². The Morgan fingerprint density at radius 1 is 1.16 bits per heavy atom. The molecule has 4 heteroatoms. The van der Waals surface area contributed by atoms with Crippen molar-refractivity contribution in [1.29, 1.82) is 0 Å². The van der Waals surface area contributed by atoms with Crippen LogP contribution in [-0.4, -0.2) is 10.2 Å². The normalized spacial score (nSPS) is 12.2. The van der Waals surface area contributed by atoms with E-state index >= 15 is 0 Å². The van der Waals surface area contributed by atoms with E-state index in [1.807, 2.05) is 30.3 Å². The van der Waals surface area contributed by atoms with E-state index in [1.54, 1.807) is 19.1 Å². The van der Waals surface area contributed by atoms with Gasteiger partial charge in [0.2, 0.25) is 0 Å². The molecule has 100 valence electrons. The van der Waals surface area contributed by atoms with Gasteiger partial charge in [0.05, 0.1) is 17.2 Å². The second-order valence-corrected chi connectivity index (χ2v) is 5.12. The first-order valence-electron chi connectivity index (χ1n) is 5.95. The van der Waals surface area contributed by atoms with Crippen molar-refractivity contribution in [2.45, 2.75) is 19.6 Å². The molecule has 3 nitrogen and oxygen atoms in total. The largest absolute Gasteiger partial charge is 0.456 e. The van der Waals surface area contributed by atoms with E-state index in [-0.39, 0.29) is 6.61 Å². The summed E-state index contributed by atoms with van der Waals surface area (Å²) in [5.41, 5.74) is 1.67. The molecule has 0 spiro atoms. The third-order valence-corrected chi connectivity index (χ3v) is 3.39. The highest BCUT2D eigenvalue weighted by Crippen LogP contribution is 2.32. The van der Waals surface area contributed by atoms with Gasteiger partial charge in [0.1, 0.15) is 11.5 Å². The van der Waals surface area contributed by atoms with Crippen LogP contribution in [0.15, 0.2) is 46.9 Å². The molecular weight excluding hydrogens is 308 g/mol. The number of aliphatic hydroxyl groups excluding tert-OH is 2. The lowest BCUT2D eigenvalue weighted by Gasteiger charge is -2.11. The van der Waals surface area contributed by atoms with E-state index < -0.39 is 6.10 Å². The van der Waals surface area contributed by atoms with E-state index in [4.69, 9.17) is 9.84 Å². The summed E-state index contributed by atoms with van der Waals surface area (Å²) in [5.74, 6) is 1.38. The van der Waals surface area contributed by atoms with Gasteiger partial charge in [-0.2, -0.15) is 0 Å². The molecule has 0 aliphatic heterocycles. The first-order chi connectivity index (χ1) is 9.10. The fourth-order valence-corrected chi connectivity index (χ4v) is 2.13. The van der Waals surface area contributed by atoms with Gasteiger partial charge >= 0.3 is 0 Å². The molecule has 0 heterocycles.